The molecule has 18 heavy (non-hydrogen) atoms. The summed E-state index contributed by atoms with van der Waals surface area (Å²) in [5, 5.41) is 0. The quantitative estimate of drug-likeness (QED) is 0.490. The summed E-state index contributed by atoms with van der Waals surface area (Å²) < 4.78 is 39.8. The first-order valence-electron chi connectivity index (χ1n) is 5.06. The van der Waals surface area contributed by atoms with Crippen molar-refractivity contribution in [3.05, 3.63) is 22.4 Å². The van der Waals surface area contributed by atoms with E-state index in [0.29, 0.717) is 17.3 Å². The monoisotopic (exact) mass is 334 g/mol. The third-order valence-electron chi connectivity index (χ3n) is 2.13. The first-order chi connectivity index (χ1) is 8.38. The van der Waals surface area contributed by atoms with Crippen molar-refractivity contribution in [2.24, 2.45) is 0 Å². The maximum absolute atomic E-state index is 13.6. The highest BCUT2D eigenvalue weighted by Crippen LogP contribution is 2.25. The van der Waals surface area contributed by atoms with Gasteiger partial charge in [0.15, 0.2) is 0 Å². The van der Waals surface area contributed by atoms with Gasteiger partial charge >= 0.3 is 0 Å². The Morgan fingerprint density at radius 1 is 1.50 bits per heavy atom. The number of unbranched alkanes of at least 4 members (excludes halogenated alkanes) is 1. The van der Waals surface area contributed by atoms with E-state index in [1.807, 2.05) is 0 Å². The van der Waals surface area contributed by atoms with E-state index in [0.717, 1.165) is 12.1 Å². The van der Waals surface area contributed by atoms with Crippen LogP contribution >= 0.6 is 15.9 Å². The molecule has 98 valence electrons. The van der Waals surface area contributed by atoms with Gasteiger partial charge in [0, 0.05) is 23.1 Å². The number of halogens is 2. The third kappa shape index (κ3) is 3.70. The van der Waals surface area contributed by atoms with Gasteiger partial charge in [0.25, 0.3) is 0 Å². The molecule has 0 aliphatic rings. The molecule has 7 heteroatoms. The molecule has 0 fully saturated rings. The maximum Gasteiger partial charge on any atom is 0.243 e. The van der Waals surface area contributed by atoms with E-state index < -0.39 is 20.7 Å². The minimum Gasteiger partial charge on any atom is -0.398 e. The number of nitrogens with one attached hydrogen (secondary N) is 1. The lowest BCUT2D eigenvalue weighted by molar-refractivity contribution is 0.555. The summed E-state index contributed by atoms with van der Waals surface area (Å²) in [6, 6.07) is 2.09. The van der Waals surface area contributed by atoms with Crippen LogP contribution < -0.4 is 10.5 Å². The zero-order valence-electron chi connectivity index (χ0n) is 9.41. The summed E-state index contributed by atoms with van der Waals surface area (Å²) in [5.74, 6) is 1.53. The molecule has 4 nitrogen and oxygen atoms in total. The summed E-state index contributed by atoms with van der Waals surface area (Å²) in [5.41, 5.74) is 5.68. The number of benzene rings is 1. The topological polar surface area (TPSA) is 72.2 Å². The minimum absolute atomic E-state index is 0.153. The summed E-state index contributed by atoms with van der Waals surface area (Å²) >= 11 is 3.02. The molecule has 0 unspecified atom stereocenters. The van der Waals surface area contributed by atoms with Crippen molar-refractivity contribution in [3.63, 3.8) is 0 Å². The minimum atomic E-state index is -3.91. The number of nitrogen functional groups attached to an aromatic ring is 1. The highest BCUT2D eigenvalue weighted by atomic mass is 79.9. The first-order valence-corrected chi connectivity index (χ1v) is 7.33. The van der Waals surface area contributed by atoms with Crippen LogP contribution in [-0.4, -0.2) is 15.0 Å². The van der Waals surface area contributed by atoms with Crippen molar-refractivity contribution in [2.45, 2.75) is 17.7 Å². The van der Waals surface area contributed by atoms with Crippen molar-refractivity contribution in [3.8, 4) is 12.3 Å². The largest absolute Gasteiger partial charge is 0.398 e. The fourth-order valence-corrected chi connectivity index (χ4v) is 2.71. The van der Waals surface area contributed by atoms with Gasteiger partial charge < -0.3 is 5.73 Å². The molecule has 1 rings (SSSR count). The second kappa shape index (κ2) is 6.18. The molecule has 0 saturated heterocycles. The van der Waals surface area contributed by atoms with Crippen molar-refractivity contribution in [2.75, 3.05) is 12.3 Å². The number of rotatable bonds is 5. The average molecular weight is 335 g/mol. The van der Waals surface area contributed by atoms with Crippen molar-refractivity contribution < 1.29 is 12.8 Å². The van der Waals surface area contributed by atoms with E-state index >= 15 is 0 Å². The van der Waals surface area contributed by atoms with Crippen LogP contribution in [0.2, 0.25) is 0 Å². The Labute approximate surface area is 114 Å². The smallest absolute Gasteiger partial charge is 0.243 e. The number of sulfonamides is 1. The van der Waals surface area contributed by atoms with E-state index in [9.17, 15) is 12.8 Å². The van der Waals surface area contributed by atoms with Gasteiger partial charge in [-0.05, 0) is 34.5 Å². The molecule has 0 aromatic heterocycles. The maximum atomic E-state index is 13.6. The third-order valence-corrected chi connectivity index (χ3v) is 4.29. The van der Waals surface area contributed by atoms with Crippen molar-refractivity contribution in [1.82, 2.24) is 4.72 Å². The Hall–Kier alpha value is -1.10. The molecule has 0 aliphatic carbocycles. The van der Waals surface area contributed by atoms with E-state index in [1.54, 1.807) is 0 Å². The number of nitrogens with two attached hydrogens (primary N) is 1. The Morgan fingerprint density at radius 2 is 2.17 bits per heavy atom. The predicted molar refractivity (Wildman–Crippen MR) is 71.8 cm³/mol. The predicted octanol–water partition coefficient (Wildman–Crippen LogP) is 1.86. The van der Waals surface area contributed by atoms with Crippen LogP contribution in [0.4, 0.5) is 10.1 Å². The Kier molecular flexibility index (Phi) is 5.14. The highest BCUT2D eigenvalue weighted by molar-refractivity contribution is 9.10. The van der Waals surface area contributed by atoms with Gasteiger partial charge in [0.05, 0.1) is 0 Å². The molecule has 0 atom stereocenters. The molecule has 0 radical (unpaired) electrons. The molecule has 0 aliphatic heterocycles. The average Bonchev–Trinajstić information content (AvgIpc) is 2.29. The van der Waals surface area contributed by atoms with E-state index in [2.05, 4.69) is 26.6 Å². The normalized spacial score (nSPS) is 11.2. The Bertz CT molecular complexity index is 581. The van der Waals surface area contributed by atoms with E-state index in [-0.39, 0.29) is 12.2 Å². The van der Waals surface area contributed by atoms with Crippen LogP contribution in [0.15, 0.2) is 21.5 Å². The summed E-state index contributed by atoms with van der Waals surface area (Å²) in [4.78, 5) is -0.469. The van der Waals surface area contributed by atoms with Gasteiger partial charge in [-0.25, -0.2) is 17.5 Å². The number of terminal acetylenes is 1. The molecule has 0 heterocycles. The lowest BCUT2D eigenvalue weighted by Crippen LogP contribution is -2.25. The molecule has 0 spiro atoms. The fraction of sp³-hybridized carbons (Fsp3) is 0.273. The van der Waals surface area contributed by atoms with Crippen molar-refractivity contribution >= 4 is 31.6 Å². The van der Waals surface area contributed by atoms with Crippen molar-refractivity contribution in [1.29, 1.82) is 0 Å². The molecule has 1 aromatic rings. The number of hydrogen-bond acceptors (Lipinski definition) is 3. The number of hydrogen-bond donors (Lipinski definition) is 2. The van der Waals surface area contributed by atoms with E-state index in [1.165, 1.54) is 0 Å². The van der Waals surface area contributed by atoms with Crippen LogP contribution in [0.3, 0.4) is 0 Å². The lowest BCUT2D eigenvalue weighted by Gasteiger charge is -2.08. The Morgan fingerprint density at radius 3 is 2.78 bits per heavy atom. The van der Waals surface area contributed by atoms with E-state index in [4.69, 9.17) is 12.2 Å². The fourth-order valence-electron chi connectivity index (χ4n) is 1.23. The SMILES string of the molecule is C#CCCCNS(=O)(=O)c1cc(N)c(Br)cc1F. The molecule has 0 bridgehead atoms. The molecular formula is C11H12BrFN2O2S. The molecular weight excluding hydrogens is 323 g/mol. The van der Waals surface area contributed by atoms with Crippen LogP contribution in [0.25, 0.3) is 0 Å². The second-order valence-corrected chi connectivity index (χ2v) is 6.10. The van der Waals surface area contributed by atoms with Gasteiger partial charge in [0.1, 0.15) is 10.7 Å². The van der Waals surface area contributed by atoms with Gasteiger partial charge in [0.2, 0.25) is 10.0 Å². The zero-order chi connectivity index (χ0) is 13.8. The molecule has 0 saturated carbocycles. The van der Waals surface area contributed by atoms with Gasteiger partial charge in [-0.1, -0.05) is 0 Å². The zero-order valence-corrected chi connectivity index (χ0v) is 11.8. The molecule has 3 N–H and O–H groups in total. The molecule has 1 aromatic carbocycles. The highest BCUT2D eigenvalue weighted by Gasteiger charge is 2.20. The van der Waals surface area contributed by atoms with Crippen LogP contribution in [0.5, 0.6) is 0 Å². The summed E-state index contributed by atoms with van der Waals surface area (Å²) in [6.07, 6.45) is 5.98. The van der Waals surface area contributed by atoms with Gasteiger partial charge in [-0.3, -0.25) is 0 Å². The summed E-state index contributed by atoms with van der Waals surface area (Å²) in [6.45, 7) is 0.155. The van der Waals surface area contributed by atoms with Crippen LogP contribution in [0.1, 0.15) is 12.8 Å². The lowest BCUT2D eigenvalue weighted by atomic mass is 10.3. The van der Waals surface area contributed by atoms with Crippen LogP contribution in [-0.2, 0) is 10.0 Å². The van der Waals surface area contributed by atoms with Gasteiger partial charge in [-0.2, -0.15) is 0 Å². The standard InChI is InChI=1S/C11H12BrFN2O2S/c1-2-3-4-5-15-18(16,17)11-7-10(14)8(12)6-9(11)13/h1,6-7,15H,3-5,14H2. The second-order valence-electron chi connectivity index (χ2n) is 3.51. The van der Waals surface area contributed by atoms with Crippen LogP contribution in [0, 0.1) is 18.2 Å². The molecule has 0 amide bonds. The van der Waals surface area contributed by atoms with Gasteiger partial charge in [-0.15, -0.1) is 12.3 Å². The summed E-state index contributed by atoms with van der Waals surface area (Å²) in [7, 11) is -3.91. The Balaban J connectivity index is 2.92. The first kappa shape index (κ1) is 15.0. The number of anilines is 1.